The number of nitrogens with two attached hydrogens (primary N) is 1. The first kappa shape index (κ1) is 14.3. The fraction of sp³-hybridized carbons (Fsp3) is 0.235. The van der Waals surface area contributed by atoms with Gasteiger partial charge < -0.3 is 11.1 Å². The lowest BCUT2D eigenvalue weighted by Crippen LogP contribution is -2.24. The van der Waals surface area contributed by atoms with E-state index in [2.05, 4.69) is 11.4 Å². The fourth-order valence-corrected chi connectivity index (χ4v) is 2.21. The number of hydrogen-bond acceptors (Lipinski definition) is 2. The molecule has 0 atom stereocenters. The van der Waals surface area contributed by atoms with Crippen LogP contribution in [0.2, 0.25) is 0 Å². The Morgan fingerprint density at radius 2 is 1.95 bits per heavy atom. The molecule has 0 spiro atoms. The molecule has 0 aliphatic heterocycles. The molecule has 1 amide bonds. The van der Waals surface area contributed by atoms with Crippen LogP contribution in [0.3, 0.4) is 0 Å². The van der Waals surface area contributed by atoms with Crippen molar-refractivity contribution >= 4 is 5.91 Å². The Labute approximate surface area is 119 Å². The summed E-state index contributed by atoms with van der Waals surface area (Å²) >= 11 is 0. The van der Waals surface area contributed by atoms with Crippen LogP contribution in [0.5, 0.6) is 0 Å². The van der Waals surface area contributed by atoms with Gasteiger partial charge in [-0.05, 0) is 37.1 Å². The van der Waals surface area contributed by atoms with Crippen molar-refractivity contribution in [3.8, 4) is 0 Å². The maximum atomic E-state index is 12.2. The van der Waals surface area contributed by atoms with Crippen molar-refractivity contribution in [1.82, 2.24) is 5.32 Å². The summed E-state index contributed by atoms with van der Waals surface area (Å²) in [4.78, 5) is 12.2. The zero-order chi connectivity index (χ0) is 14.4. The molecule has 0 aromatic heterocycles. The van der Waals surface area contributed by atoms with Gasteiger partial charge in [-0.1, -0.05) is 48.0 Å². The summed E-state index contributed by atoms with van der Waals surface area (Å²) in [5.41, 5.74) is 9.59. The Bertz CT molecular complexity index is 593. The number of aryl methyl sites for hydroxylation is 1. The summed E-state index contributed by atoms with van der Waals surface area (Å²) in [5, 5.41) is 2.96. The molecule has 20 heavy (non-hydrogen) atoms. The van der Waals surface area contributed by atoms with Crippen molar-refractivity contribution in [2.75, 3.05) is 6.54 Å². The molecule has 3 N–H and O–H groups in total. The number of amides is 1. The van der Waals surface area contributed by atoms with Crippen LogP contribution in [0, 0.1) is 6.92 Å². The molecule has 2 aromatic rings. The van der Waals surface area contributed by atoms with E-state index in [0.717, 1.165) is 11.1 Å². The normalized spacial score (nSPS) is 10.3. The molecule has 0 saturated carbocycles. The lowest BCUT2D eigenvalue weighted by atomic mass is 10.0. The smallest absolute Gasteiger partial charge is 0.251 e. The van der Waals surface area contributed by atoms with E-state index in [1.807, 2.05) is 49.4 Å². The van der Waals surface area contributed by atoms with Gasteiger partial charge >= 0.3 is 0 Å². The van der Waals surface area contributed by atoms with E-state index in [0.29, 0.717) is 25.1 Å². The van der Waals surface area contributed by atoms with Gasteiger partial charge in [0, 0.05) is 12.1 Å². The number of carbonyl (C=O) groups is 1. The Morgan fingerprint density at radius 3 is 2.70 bits per heavy atom. The molecule has 0 aliphatic rings. The maximum Gasteiger partial charge on any atom is 0.251 e. The average Bonchev–Trinajstić information content (AvgIpc) is 2.46. The van der Waals surface area contributed by atoms with Crippen molar-refractivity contribution in [3.63, 3.8) is 0 Å². The van der Waals surface area contributed by atoms with E-state index < -0.39 is 0 Å². The predicted molar refractivity (Wildman–Crippen MR) is 81.5 cm³/mol. The second-order valence-electron chi connectivity index (χ2n) is 4.87. The summed E-state index contributed by atoms with van der Waals surface area (Å²) in [6.45, 7) is 3.13. The number of benzene rings is 2. The molecule has 0 saturated heterocycles. The highest BCUT2D eigenvalue weighted by atomic mass is 16.1. The van der Waals surface area contributed by atoms with Crippen molar-refractivity contribution in [3.05, 3.63) is 70.8 Å². The highest BCUT2D eigenvalue weighted by molar-refractivity contribution is 5.95. The van der Waals surface area contributed by atoms with Crippen molar-refractivity contribution in [2.24, 2.45) is 5.73 Å². The van der Waals surface area contributed by atoms with Gasteiger partial charge in [-0.15, -0.1) is 0 Å². The second kappa shape index (κ2) is 6.87. The van der Waals surface area contributed by atoms with Crippen LogP contribution in [-0.2, 0) is 13.0 Å². The van der Waals surface area contributed by atoms with Gasteiger partial charge in [-0.3, -0.25) is 4.79 Å². The first-order chi connectivity index (χ1) is 9.70. The van der Waals surface area contributed by atoms with Crippen molar-refractivity contribution < 1.29 is 4.79 Å². The Hall–Kier alpha value is -2.13. The molecule has 104 valence electrons. The van der Waals surface area contributed by atoms with Gasteiger partial charge in [0.15, 0.2) is 0 Å². The lowest BCUT2D eigenvalue weighted by molar-refractivity contribution is 0.0950. The third-order valence-electron chi connectivity index (χ3n) is 3.21. The SMILES string of the molecule is Cc1cccc(CNC(=O)c2ccccc2CCN)c1. The highest BCUT2D eigenvalue weighted by Crippen LogP contribution is 2.10. The second-order valence-corrected chi connectivity index (χ2v) is 4.87. The summed E-state index contributed by atoms with van der Waals surface area (Å²) < 4.78 is 0. The lowest BCUT2D eigenvalue weighted by Gasteiger charge is -2.10. The van der Waals surface area contributed by atoms with Crippen LogP contribution < -0.4 is 11.1 Å². The van der Waals surface area contributed by atoms with Gasteiger partial charge in [0.1, 0.15) is 0 Å². The molecule has 2 aromatic carbocycles. The zero-order valence-electron chi connectivity index (χ0n) is 11.7. The first-order valence-electron chi connectivity index (χ1n) is 6.82. The third kappa shape index (κ3) is 3.68. The topological polar surface area (TPSA) is 55.1 Å². The van der Waals surface area contributed by atoms with Gasteiger partial charge in [-0.2, -0.15) is 0 Å². The Kier molecular flexibility index (Phi) is 4.91. The van der Waals surface area contributed by atoms with Crippen LogP contribution in [0.25, 0.3) is 0 Å². The van der Waals surface area contributed by atoms with E-state index in [9.17, 15) is 4.79 Å². The van der Waals surface area contributed by atoms with Crippen LogP contribution in [0.4, 0.5) is 0 Å². The molecular weight excluding hydrogens is 248 g/mol. The molecule has 0 fully saturated rings. The number of carbonyl (C=O) groups excluding carboxylic acids is 1. The summed E-state index contributed by atoms with van der Waals surface area (Å²) in [7, 11) is 0. The minimum absolute atomic E-state index is 0.0458. The Morgan fingerprint density at radius 1 is 1.15 bits per heavy atom. The summed E-state index contributed by atoms with van der Waals surface area (Å²) in [6, 6.07) is 15.7. The number of nitrogens with one attached hydrogen (secondary N) is 1. The van der Waals surface area contributed by atoms with E-state index in [-0.39, 0.29) is 5.91 Å². The predicted octanol–water partition coefficient (Wildman–Crippen LogP) is 2.43. The first-order valence-corrected chi connectivity index (χ1v) is 6.82. The van der Waals surface area contributed by atoms with Gasteiger partial charge in [-0.25, -0.2) is 0 Å². The van der Waals surface area contributed by atoms with Crippen LogP contribution in [0.15, 0.2) is 48.5 Å². The molecule has 3 heteroatoms. The number of rotatable bonds is 5. The minimum Gasteiger partial charge on any atom is -0.348 e. The molecular formula is C17H20N2O. The van der Waals surface area contributed by atoms with Crippen molar-refractivity contribution in [2.45, 2.75) is 19.9 Å². The molecule has 0 heterocycles. The van der Waals surface area contributed by atoms with Crippen molar-refractivity contribution in [1.29, 1.82) is 0 Å². The Balaban J connectivity index is 2.05. The molecule has 0 radical (unpaired) electrons. The van der Waals surface area contributed by atoms with Crippen LogP contribution in [-0.4, -0.2) is 12.5 Å². The summed E-state index contributed by atoms with van der Waals surface area (Å²) in [5.74, 6) is -0.0458. The van der Waals surface area contributed by atoms with Gasteiger partial charge in [0.05, 0.1) is 0 Å². The quantitative estimate of drug-likeness (QED) is 0.875. The third-order valence-corrected chi connectivity index (χ3v) is 3.21. The zero-order valence-corrected chi connectivity index (χ0v) is 11.7. The molecule has 0 aliphatic carbocycles. The van der Waals surface area contributed by atoms with E-state index in [1.165, 1.54) is 5.56 Å². The van der Waals surface area contributed by atoms with Gasteiger partial charge in [0.25, 0.3) is 5.91 Å². The number of hydrogen-bond donors (Lipinski definition) is 2. The molecule has 0 unspecified atom stereocenters. The van der Waals surface area contributed by atoms with E-state index >= 15 is 0 Å². The van der Waals surface area contributed by atoms with Crippen LogP contribution >= 0.6 is 0 Å². The fourth-order valence-electron chi connectivity index (χ4n) is 2.21. The highest BCUT2D eigenvalue weighted by Gasteiger charge is 2.09. The van der Waals surface area contributed by atoms with Gasteiger partial charge in [0.2, 0.25) is 0 Å². The molecule has 2 rings (SSSR count). The van der Waals surface area contributed by atoms with E-state index in [4.69, 9.17) is 5.73 Å². The average molecular weight is 268 g/mol. The van der Waals surface area contributed by atoms with Crippen LogP contribution in [0.1, 0.15) is 27.0 Å². The molecule has 3 nitrogen and oxygen atoms in total. The maximum absolute atomic E-state index is 12.2. The van der Waals surface area contributed by atoms with E-state index in [1.54, 1.807) is 0 Å². The standard InChI is InChI=1S/C17H20N2O/c1-13-5-4-6-14(11-13)12-19-17(20)16-8-3-2-7-15(16)9-10-18/h2-8,11H,9-10,12,18H2,1H3,(H,19,20). The monoisotopic (exact) mass is 268 g/mol. The summed E-state index contributed by atoms with van der Waals surface area (Å²) in [6.07, 6.45) is 0.716. The largest absolute Gasteiger partial charge is 0.348 e. The molecule has 0 bridgehead atoms. The minimum atomic E-state index is -0.0458.